The highest BCUT2D eigenvalue weighted by atomic mass is 35.5. The van der Waals surface area contributed by atoms with E-state index in [9.17, 15) is 0 Å². The van der Waals surface area contributed by atoms with Gasteiger partial charge in [-0.15, -0.1) is 23.7 Å². The predicted octanol–water partition coefficient (Wildman–Crippen LogP) is 1.50. The molecule has 2 nitrogen and oxygen atoms in total. The first-order valence-corrected chi connectivity index (χ1v) is 5.81. The normalized spacial score (nSPS) is 22.3. The number of thiophene rings is 1. The zero-order chi connectivity index (χ0) is 8.67. The maximum absolute atomic E-state index is 3.34. The van der Waals surface area contributed by atoms with E-state index in [2.05, 4.69) is 21.7 Å². The van der Waals surface area contributed by atoms with Gasteiger partial charge in [-0.2, -0.15) is 0 Å². The van der Waals surface area contributed by atoms with E-state index in [-0.39, 0.29) is 12.4 Å². The van der Waals surface area contributed by atoms with Gasteiger partial charge in [0.15, 0.2) is 0 Å². The summed E-state index contributed by atoms with van der Waals surface area (Å²) in [6.07, 6.45) is 1.26. The van der Waals surface area contributed by atoms with Gasteiger partial charge < -0.3 is 5.32 Å². The molecule has 0 radical (unpaired) electrons. The van der Waals surface area contributed by atoms with Crippen LogP contribution in [0.5, 0.6) is 0 Å². The molecule has 2 aliphatic heterocycles. The van der Waals surface area contributed by atoms with Gasteiger partial charge in [-0.1, -0.05) is 0 Å². The van der Waals surface area contributed by atoms with Crippen molar-refractivity contribution in [1.29, 1.82) is 0 Å². The fourth-order valence-electron chi connectivity index (χ4n) is 2.10. The quantitative estimate of drug-likeness (QED) is 0.787. The summed E-state index contributed by atoms with van der Waals surface area (Å²) < 4.78 is 0. The van der Waals surface area contributed by atoms with Crippen LogP contribution in [0.3, 0.4) is 0 Å². The van der Waals surface area contributed by atoms with Crippen molar-refractivity contribution in [2.24, 2.45) is 0 Å². The summed E-state index contributed by atoms with van der Waals surface area (Å²) in [7, 11) is 0. The minimum Gasteiger partial charge on any atom is -0.314 e. The summed E-state index contributed by atoms with van der Waals surface area (Å²) in [5.74, 6) is 0. The second-order valence-corrected chi connectivity index (χ2v) is 4.90. The first-order chi connectivity index (χ1) is 6.43. The molecule has 1 N–H and O–H groups in total. The van der Waals surface area contributed by atoms with E-state index in [1.54, 1.807) is 10.4 Å². The fourth-order valence-corrected chi connectivity index (χ4v) is 3.06. The number of rotatable bonds is 1. The van der Waals surface area contributed by atoms with Crippen molar-refractivity contribution in [2.45, 2.75) is 19.0 Å². The van der Waals surface area contributed by atoms with E-state index >= 15 is 0 Å². The van der Waals surface area contributed by atoms with Crippen LogP contribution in [0, 0.1) is 0 Å². The van der Waals surface area contributed by atoms with Crippen LogP contribution in [0.4, 0.5) is 0 Å². The largest absolute Gasteiger partial charge is 0.314 e. The van der Waals surface area contributed by atoms with Gasteiger partial charge in [0.2, 0.25) is 0 Å². The number of halogens is 1. The van der Waals surface area contributed by atoms with Gasteiger partial charge in [0, 0.05) is 37.1 Å². The lowest BCUT2D eigenvalue weighted by Gasteiger charge is -2.40. The van der Waals surface area contributed by atoms with Crippen molar-refractivity contribution >= 4 is 23.7 Å². The Hall–Kier alpha value is -0.0900. The highest BCUT2D eigenvalue weighted by molar-refractivity contribution is 7.10. The van der Waals surface area contributed by atoms with Crippen LogP contribution in [0.1, 0.15) is 10.4 Å². The molecule has 78 valence electrons. The Kier molecular flexibility index (Phi) is 3.12. The average molecular weight is 231 g/mol. The third-order valence-electron chi connectivity index (χ3n) is 3.13. The minimum absolute atomic E-state index is 0. The summed E-state index contributed by atoms with van der Waals surface area (Å²) in [5, 5.41) is 5.57. The molecule has 0 saturated carbocycles. The molecule has 0 spiro atoms. The maximum atomic E-state index is 3.34. The van der Waals surface area contributed by atoms with E-state index < -0.39 is 0 Å². The molecule has 4 heteroatoms. The second kappa shape index (κ2) is 4.19. The van der Waals surface area contributed by atoms with Crippen LogP contribution >= 0.6 is 23.7 Å². The molecule has 0 aromatic carbocycles. The average Bonchev–Trinajstić information content (AvgIpc) is 2.47. The Morgan fingerprint density at radius 3 is 3.00 bits per heavy atom. The number of hydrogen-bond donors (Lipinski definition) is 1. The number of nitrogens with one attached hydrogen (secondary N) is 1. The molecule has 3 rings (SSSR count). The van der Waals surface area contributed by atoms with Crippen molar-refractivity contribution in [1.82, 2.24) is 10.2 Å². The van der Waals surface area contributed by atoms with E-state index in [0.717, 1.165) is 6.04 Å². The Bertz CT molecular complexity index is 309. The van der Waals surface area contributed by atoms with Gasteiger partial charge >= 0.3 is 0 Å². The van der Waals surface area contributed by atoms with E-state index in [4.69, 9.17) is 0 Å². The molecule has 0 atom stereocenters. The highest BCUT2D eigenvalue weighted by Crippen LogP contribution is 2.25. The zero-order valence-electron chi connectivity index (χ0n) is 8.03. The number of fused-ring (bicyclic) bond motifs is 1. The van der Waals surface area contributed by atoms with Crippen molar-refractivity contribution in [3.8, 4) is 0 Å². The lowest BCUT2D eigenvalue weighted by Crippen LogP contribution is -2.57. The van der Waals surface area contributed by atoms with Gasteiger partial charge in [-0.3, -0.25) is 4.90 Å². The van der Waals surface area contributed by atoms with Crippen LogP contribution in [0.25, 0.3) is 0 Å². The van der Waals surface area contributed by atoms with Gasteiger partial charge in [-0.05, 0) is 23.4 Å². The van der Waals surface area contributed by atoms with E-state index in [1.165, 1.54) is 32.6 Å². The summed E-state index contributed by atoms with van der Waals surface area (Å²) in [6.45, 7) is 4.84. The Balaban J connectivity index is 0.000000750. The first kappa shape index (κ1) is 10.4. The standard InChI is InChI=1S/C10H14N2S.ClH/c1-3-12(9-5-11-6-9)7-10-8(1)2-4-13-10;/h2,4,9,11H,1,3,5-7H2;1H. The molecule has 1 aromatic rings. The molecular weight excluding hydrogens is 216 g/mol. The molecule has 1 fully saturated rings. The molecule has 2 aliphatic rings. The zero-order valence-corrected chi connectivity index (χ0v) is 9.66. The van der Waals surface area contributed by atoms with Crippen molar-refractivity contribution in [2.75, 3.05) is 19.6 Å². The Morgan fingerprint density at radius 2 is 2.29 bits per heavy atom. The molecule has 0 unspecified atom stereocenters. The monoisotopic (exact) mass is 230 g/mol. The van der Waals surface area contributed by atoms with Crippen LogP contribution in [0.2, 0.25) is 0 Å². The third-order valence-corrected chi connectivity index (χ3v) is 4.08. The Labute approximate surface area is 94.7 Å². The summed E-state index contributed by atoms with van der Waals surface area (Å²) in [5.41, 5.74) is 1.59. The highest BCUT2D eigenvalue weighted by Gasteiger charge is 2.27. The van der Waals surface area contributed by atoms with Crippen molar-refractivity contribution in [3.63, 3.8) is 0 Å². The van der Waals surface area contributed by atoms with Gasteiger partial charge in [0.25, 0.3) is 0 Å². The van der Waals surface area contributed by atoms with Crippen LogP contribution in [0.15, 0.2) is 11.4 Å². The molecule has 0 aliphatic carbocycles. The predicted molar refractivity (Wildman–Crippen MR) is 62.3 cm³/mol. The van der Waals surface area contributed by atoms with Crippen LogP contribution in [-0.2, 0) is 13.0 Å². The smallest absolute Gasteiger partial charge is 0.0349 e. The maximum Gasteiger partial charge on any atom is 0.0349 e. The van der Waals surface area contributed by atoms with Crippen LogP contribution < -0.4 is 5.32 Å². The number of hydrogen-bond acceptors (Lipinski definition) is 3. The van der Waals surface area contributed by atoms with Gasteiger partial charge in [-0.25, -0.2) is 0 Å². The molecule has 3 heterocycles. The van der Waals surface area contributed by atoms with Crippen LogP contribution in [-0.4, -0.2) is 30.6 Å². The Morgan fingerprint density at radius 1 is 1.43 bits per heavy atom. The lowest BCUT2D eigenvalue weighted by atomic mass is 10.0. The fraction of sp³-hybridized carbons (Fsp3) is 0.600. The summed E-state index contributed by atoms with van der Waals surface area (Å²) >= 11 is 1.92. The van der Waals surface area contributed by atoms with Gasteiger partial charge in [0.05, 0.1) is 0 Å². The van der Waals surface area contributed by atoms with Gasteiger partial charge in [0.1, 0.15) is 0 Å². The molecule has 0 amide bonds. The lowest BCUT2D eigenvalue weighted by molar-refractivity contribution is 0.133. The molecule has 1 saturated heterocycles. The second-order valence-electron chi connectivity index (χ2n) is 3.90. The third kappa shape index (κ3) is 1.70. The summed E-state index contributed by atoms with van der Waals surface area (Å²) in [6, 6.07) is 3.10. The SMILES string of the molecule is Cl.c1cc2c(s1)CN(C1CNC1)CC2. The first-order valence-electron chi connectivity index (χ1n) is 4.93. The molecule has 14 heavy (non-hydrogen) atoms. The number of nitrogens with zero attached hydrogens (tertiary/aromatic N) is 1. The van der Waals surface area contributed by atoms with E-state index in [0.29, 0.717) is 0 Å². The molecule has 1 aromatic heterocycles. The topological polar surface area (TPSA) is 15.3 Å². The molecule has 0 bridgehead atoms. The van der Waals surface area contributed by atoms with E-state index in [1.807, 2.05) is 11.3 Å². The molecular formula is C10H15ClN2S. The summed E-state index contributed by atoms with van der Waals surface area (Å²) in [4.78, 5) is 4.22. The minimum atomic E-state index is 0. The van der Waals surface area contributed by atoms with Crippen molar-refractivity contribution in [3.05, 3.63) is 21.9 Å². The van der Waals surface area contributed by atoms with Crippen molar-refractivity contribution < 1.29 is 0 Å².